The standard InChI is InChI=1S/C18H29ClO3/c1-2-3-4-5-6-7-8-9-10-11-12-16-13-14-17(22-19-21)15-18(16)20/h13-15,20H,2-12H2,1H3. The summed E-state index contributed by atoms with van der Waals surface area (Å²) in [5.41, 5.74) is 0.927. The van der Waals surface area contributed by atoms with Crippen molar-refractivity contribution in [1.29, 1.82) is 0 Å². The van der Waals surface area contributed by atoms with Gasteiger partial charge in [-0.1, -0.05) is 70.8 Å². The third kappa shape index (κ3) is 8.50. The lowest BCUT2D eigenvalue weighted by Crippen LogP contribution is -2.06. The number of phenols is 1. The second-order valence-electron chi connectivity index (χ2n) is 5.86. The molecule has 0 saturated heterocycles. The fourth-order valence-corrected chi connectivity index (χ4v) is 2.81. The van der Waals surface area contributed by atoms with Crippen LogP contribution >= 0.6 is 0 Å². The van der Waals surface area contributed by atoms with Crippen molar-refractivity contribution in [3.8, 4) is 11.5 Å². The van der Waals surface area contributed by atoms with Crippen LogP contribution in [0.4, 0.5) is 0 Å². The maximum Gasteiger partial charge on any atom is 0.393 e. The molecule has 0 aliphatic heterocycles. The Morgan fingerprint density at radius 1 is 0.955 bits per heavy atom. The fraction of sp³-hybridized carbons (Fsp3) is 0.667. The van der Waals surface area contributed by atoms with Gasteiger partial charge in [-0.05, 0) is 24.5 Å². The molecular formula is C18H29ClO3. The normalized spacial score (nSPS) is 10.8. The molecule has 0 amide bonds. The van der Waals surface area contributed by atoms with Crippen molar-refractivity contribution in [3.05, 3.63) is 23.8 Å². The van der Waals surface area contributed by atoms with Crippen molar-refractivity contribution in [3.63, 3.8) is 0 Å². The van der Waals surface area contributed by atoms with Gasteiger partial charge in [0.1, 0.15) is 5.75 Å². The molecule has 4 heteroatoms. The number of benzene rings is 1. The number of halogens is 1. The van der Waals surface area contributed by atoms with Crippen molar-refractivity contribution in [2.45, 2.75) is 77.6 Å². The molecule has 1 aromatic carbocycles. The molecule has 1 rings (SSSR count). The van der Waals surface area contributed by atoms with Crippen LogP contribution in [0.15, 0.2) is 18.2 Å². The molecule has 22 heavy (non-hydrogen) atoms. The van der Waals surface area contributed by atoms with E-state index in [4.69, 9.17) is 4.29 Å². The number of phenolic OH excluding ortho intramolecular Hbond substituents is 1. The summed E-state index contributed by atoms with van der Waals surface area (Å²) in [7, 11) is 0. The highest BCUT2D eigenvalue weighted by Crippen LogP contribution is 2.25. The van der Waals surface area contributed by atoms with E-state index in [1.807, 2.05) is 6.07 Å². The van der Waals surface area contributed by atoms with Gasteiger partial charge in [0, 0.05) is 6.07 Å². The minimum Gasteiger partial charge on any atom is -0.508 e. The Morgan fingerprint density at radius 2 is 1.55 bits per heavy atom. The lowest BCUT2D eigenvalue weighted by Gasteiger charge is -2.05. The van der Waals surface area contributed by atoms with Crippen molar-refractivity contribution < 1.29 is 25.4 Å². The van der Waals surface area contributed by atoms with Crippen LogP contribution in [0, 0.1) is 11.3 Å². The van der Waals surface area contributed by atoms with Gasteiger partial charge in [-0.15, -0.1) is 0 Å². The van der Waals surface area contributed by atoms with E-state index in [9.17, 15) is 9.77 Å². The van der Waals surface area contributed by atoms with E-state index in [2.05, 4.69) is 6.92 Å². The first kappa shape index (κ1) is 19.1. The molecule has 0 bridgehead atoms. The number of aromatic hydroxyl groups is 1. The van der Waals surface area contributed by atoms with Crippen molar-refractivity contribution in [2.75, 3.05) is 0 Å². The van der Waals surface area contributed by atoms with Gasteiger partial charge in [-0.2, -0.15) is 0 Å². The van der Waals surface area contributed by atoms with E-state index in [1.165, 1.54) is 63.9 Å². The van der Waals surface area contributed by atoms with Gasteiger partial charge < -0.3 is 9.77 Å². The molecule has 0 radical (unpaired) electrons. The lowest BCUT2D eigenvalue weighted by molar-refractivity contribution is -1.25. The maximum atomic E-state index is 10.2. The van der Waals surface area contributed by atoms with E-state index in [0.29, 0.717) is 17.1 Å². The van der Waals surface area contributed by atoms with Gasteiger partial charge in [0.2, 0.25) is 5.75 Å². The van der Waals surface area contributed by atoms with Crippen LogP contribution in [0.25, 0.3) is 0 Å². The van der Waals surface area contributed by atoms with Crippen LogP contribution in [-0.2, 0) is 6.42 Å². The average Bonchev–Trinajstić information content (AvgIpc) is 2.51. The predicted molar refractivity (Wildman–Crippen MR) is 84.3 cm³/mol. The molecule has 0 fully saturated rings. The third-order valence-electron chi connectivity index (χ3n) is 3.98. The molecule has 126 valence electrons. The van der Waals surface area contributed by atoms with Gasteiger partial charge in [0.05, 0.1) is 0 Å². The summed E-state index contributed by atoms with van der Waals surface area (Å²) in [6.45, 7) is 2.25. The second kappa shape index (κ2) is 12.6. The summed E-state index contributed by atoms with van der Waals surface area (Å²) in [4.78, 5) is 0. The minimum absolute atomic E-state index is 0.216. The number of rotatable bonds is 13. The molecule has 1 N–H and O–H groups in total. The number of hydrogen-bond donors (Lipinski definition) is 1. The molecule has 1 aromatic rings. The summed E-state index contributed by atoms with van der Waals surface area (Å²) in [6, 6.07) is 5.05. The van der Waals surface area contributed by atoms with Crippen molar-refractivity contribution in [2.24, 2.45) is 0 Å². The van der Waals surface area contributed by atoms with E-state index in [0.717, 1.165) is 18.4 Å². The molecule has 3 nitrogen and oxygen atoms in total. The molecule has 0 spiro atoms. The van der Waals surface area contributed by atoms with E-state index < -0.39 is 0 Å². The summed E-state index contributed by atoms with van der Waals surface area (Å²) < 4.78 is 14.9. The molecule has 0 aliphatic rings. The quantitative estimate of drug-likeness (QED) is 0.542. The maximum absolute atomic E-state index is 10.2. The van der Waals surface area contributed by atoms with Crippen LogP contribution < -0.4 is 8.95 Å². The van der Waals surface area contributed by atoms with Gasteiger partial charge in [0.25, 0.3) is 0 Å². The molecular weight excluding hydrogens is 300 g/mol. The highest BCUT2D eigenvalue weighted by atomic mass is 35.6. The first-order valence-electron chi connectivity index (χ1n) is 8.54. The van der Waals surface area contributed by atoms with Crippen molar-refractivity contribution in [1.82, 2.24) is 0 Å². The zero-order valence-corrected chi connectivity index (χ0v) is 14.4. The number of unbranched alkanes of at least 4 members (excludes halogenated alkanes) is 9. The molecule has 0 unspecified atom stereocenters. The largest absolute Gasteiger partial charge is 0.508 e. The van der Waals surface area contributed by atoms with E-state index in [1.54, 1.807) is 6.07 Å². The summed E-state index contributed by atoms with van der Waals surface area (Å²) >= 11 is 0.481. The van der Waals surface area contributed by atoms with Crippen LogP contribution in [0.5, 0.6) is 11.5 Å². The zero-order valence-electron chi connectivity index (χ0n) is 13.7. The van der Waals surface area contributed by atoms with Crippen LogP contribution in [0.2, 0.25) is 0 Å². The number of aryl methyl sites for hydroxylation is 1. The van der Waals surface area contributed by atoms with Gasteiger partial charge in [-0.25, -0.2) is 4.29 Å². The molecule has 0 heterocycles. The molecule has 0 aromatic heterocycles. The average molecular weight is 329 g/mol. The highest BCUT2D eigenvalue weighted by molar-refractivity contribution is 5.39. The Kier molecular flexibility index (Phi) is 10.9. The van der Waals surface area contributed by atoms with Gasteiger partial charge in [0.15, 0.2) is 0 Å². The van der Waals surface area contributed by atoms with Crippen molar-refractivity contribution >= 4 is 0 Å². The summed E-state index contributed by atoms with van der Waals surface area (Å²) in [5.74, 6) is 0.598. The second-order valence-corrected chi connectivity index (χ2v) is 6.14. The Hall–Kier alpha value is -0.930. The smallest absolute Gasteiger partial charge is 0.393 e. The summed E-state index contributed by atoms with van der Waals surface area (Å²) in [5, 5.41) is 9.86. The lowest BCUT2D eigenvalue weighted by atomic mass is 10.0. The first-order valence-corrected chi connectivity index (χ1v) is 9.15. The molecule has 0 aliphatic carbocycles. The Bertz CT molecular complexity index is 396. The monoisotopic (exact) mass is 328 g/mol. The first-order chi connectivity index (χ1) is 10.8. The molecule has 0 atom stereocenters. The van der Waals surface area contributed by atoms with Crippen LogP contribution in [0.3, 0.4) is 0 Å². The Balaban J connectivity index is 2.05. The number of hydrogen-bond acceptors (Lipinski definition) is 3. The summed E-state index contributed by atoms with van der Waals surface area (Å²) in [6.07, 6.45) is 14.0. The highest BCUT2D eigenvalue weighted by Gasteiger charge is 2.06. The van der Waals surface area contributed by atoms with Gasteiger partial charge in [-0.3, -0.25) is 0 Å². The topological polar surface area (TPSA) is 52.5 Å². The van der Waals surface area contributed by atoms with Crippen LogP contribution in [-0.4, -0.2) is 5.11 Å². The van der Waals surface area contributed by atoms with E-state index in [-0.39, 0.29) is 5.75 Å². The minimum atomic E-state index is 0.216. The van der Waals surface area contributed by atoms with Gasteiger partial charge >= 0.3 is 11.3 Å². The van der Waals surface area contributed by atoms with E-state index >= 15 is 0 Å². The Labute approximate surface area is 138 Å². The Morgan fingerprint density at radius 3 is 2.09 bits per heavy atom. The van der Waals surface area contributed by atoms with Crippen LogP contribution in [0.1, 0.15) is 76.7 Å². The zero-order chi connectivity index (χ0) is 16.0. The predicted octanol–water partition coefficient (Wildman–Crippen LogP) is 4.51. The molecule has 0 saturated carbocycles. The SMILES string of the molecule is CCCCCCCCCCCCc1ccc(O[Cl+][O-])cc1O. The fourth-order valence-electron chi connectivity index (χ4n) is 2.64. The third-order valence-corrected chi connectivity index (χ3v) is 4.22.